The second-order valence-electron chi connectivity index (χ2n) is 9.96. The second kappa shape index (κ2) is 17.3. The molecule has 31 heavy (non-hydrogen) atoms. The van der Waals surface area contributed by atoms with E-state index in [-0.39, 0.29) is 12.1 Å². The number of esters is 1. The summed E-state index contributed by atoms with van der Waals surface area (Å²) in [6.07, 6.45) is 22.6. The van der Waals surface area contributed by atoms with Crippen molar-refractivity contribution in [2.45, 2.75) is 130 Å². The summed E-state index contributed by atoms with van der Waals surface area (Å²) in [5.74, 6) is -1.58. The Labute approximate surface area is 191 Å². The third-order valence-electron chi connectivity index (χ3n) is 6.51. The van der Waals surface area contributed by atoms with E-state index in [9.17, 15) is 14.7 Å². The van der Waals surface area contributed by atoms with Crippen molar-refractivity contribution in [3.05, 3.63) is 12.2 Å². The third-order valence-corrected chi connectivity index (χ3v) is 6.51. The molecule has 0 aromatic rings. The SMILES string of the molecule is CC(C)CCCCCCCCCCCCCCC(C)OC(=O)C1CC=CCC1C(=O)O. The maximum absolute atomic E-state index is 12.4. The summed E-state index contributed by atoms with van der Waals surface area (Å²) >= 11 is 0. The van der Waals surface area contributed by atoms with E-state index in [0.717, 1.165) is 18.8 Å². The van der Waals surface area contributed by atoms with E-state index in [4.69, 9.17) is 4.74 Å². The van der Waals surface area contributed by atoms with Gasteiger partial charge in [-0.15, -0.1) is 0 Å². The first kappa shape index (κ1) is 27.7. The van der Waals surface area contributed by atoms with Crippen molar-refractivity contribution >= 4 is 11.9 Å². The van der Waals surface area contributed by atoms with Gasteiger partial charge in [0.2, 0.25) is 0 Å². The first-order chi connectivity index (χ1) is 14.9. The van der Waals surface area contributed by atoms with Crippen LogP contribution in [0.25, 0.3) is 0 Å². The fourth-order valence-corrected chi connectivity index (χ4v) is 4.44. The predicted octanol–water partition coefficient (Wildman–Crippen LogP) is 7.70. The van der Waals surface area contributed by atoms with E-state index in [1.165, 1.54) is 77.0 Å². The first-order valence-electron chi connectivity index (χ1n) is 13.0. The van der Waals surface area contributed by atoms with Gasteiger partial charge in [0, 0.05) is 0 Å². The molecule has 0 amide bonds. The van der Waals surface area contributed by atoms with Gasteiger partial charge in [0.1, 0.15) is 0 Å². The number of unbranched alkanes of at least 4 members (excludes halogenated alkanes) is 11. The van der Waals surface area contributed by atoms with Gasteiger partial charge in [0.25, 0.3) is 0 Å². The van der Waals surface area contributed by atoms with Crippen LogP contribution in [0.5, 0.6) is 0 Å². The Bertz CT molecular complexity index is 511. The molecule has 0 heterocycles. The molecule has 0 aromatic heterocycles. The maximum Gasteiger partial charge on any atom is 0.310 e. The average Bonchev–Trinajstić information content (AvgIpc) is 2.73. The number of aliphatic carboxylic acids is 1. The Kier molecular flexibility index (Phi) is 15.4. The van der Waals surface area contributed by atoms with Gasteiger partial charge in [0.05, 0.1) is 17.9 Å². The summed E-state index contributed by atoms with van der Waals surface area (Å²) < 4.78 is 5.55. The van der Waals surface area contributed by atoms with Crippen molar-refractivity contribution in [2.24, 2.45) is 17.8 Å². The van der Waals surface area contributed by atoms with Crippen molar-refractivity contribution in [1.82, 2.24) is 0 Å². The Morgan fingerprint density at radius 2 is 1.16 bits per heavy atom. The molecule has 0 saturated heterocycles. The van der Waals surface area contributed by atoms with E-state index in [0.29, 0.717) is 12.8 Å². The van der Waals surface area contributed by atoms with Crippen molar-refractivity contribution in [3.8, 4) is 0 Å². The number of carboxylic acids is 1. The van der Waals surface area contributed by atoms with Crippen LogP contribution in [0.4, 0.5) is 0 Å². The Morgan fingerprint density at radius 1 is 0.742 bits per heavy atom. The highest BCUT2D eigenvalue weighted by Gasteiger charge is 2.35. The highest BCUT2D eigenvalue weighted by molar-refractivity contribution is 5.81. The minimum absolute atomic E-state index is 0.131. The molecule has 0 radical (unpaired) electrons. The van der Waals surface area contributed by atoms with Gasteiger partial charge in [-0.1, -0.05) is 103 Å². The van der Waals surface area contributed by atoms with Gasteiger partial charge in [0.15, 0.2) is 0 Å². The van der Waals surface area contributed by atoms with Crippen molar-refractivity contribution in [3.63, 3.8) is 0 Å². The molecule has 0 bridgehead atoms. The number of carbonyl (C=O) groups is 2. The van der Waals surface area contributed by atoms with E-state index in [2.05, 4.69) is 13.8 Å². The molecule has 4 heteroatoms. The molecule has 180 valence electrons. The molecule has 1 N–H and O–H groups in total. The van der Waals surface area contributed by atoms with Gasteiger partial charge in [-0.2, -0.15) is 0 Å². The highest BCUT2D eigenvalue weighted by Crippen LogP contribution is 2.27. The molecular weight excluding hydrogens is 388 g/mol. The molecule has 1 rings (SSSR count). The number of ether oxygens (including phenoxy) is 1. The first-order valence-corrected chi connectivity index (χ1v) is 13.0. The van der Waals surface area contributed by atoms with Crippen LogP contribution in [0.2, 0.25) is 0 Å². The molecule has 0 fully saturated rings. The molecule has 0 saturated carbocycles. The summed E-state index contributed by atoms with van der Waals surface area (Å²) in [5, 5.41) is 9.30. The van der Waals surface area contributed by atoms with Crippen molar-refractivity contribution < 1.29 is 19.4 Å². The Balaban J connectivity index is 1.94. The number of allylic oxidation sites excluding steroid dienone is 2. The van der Waals surface area contributed by atoms with Gasteiger partial charge in [-0.05, 0) is 38.5 Å². The topological polar surface area (TPSA) is 63.6 Å². The normalized spacial score (nSPS) is 19.5. The van der Waals surface area contributed by atoms with Crippen LogP contribution in [0.15, 0.2) is 12.2 Å². The summed E-state index contributed by atoms with van der Waals surface area (Å²) in [5.41, 5.74) is 0. The van der Waals surface area contributed by atoms with Crippen LogP contribution in [0.1, 0.15) is 124 Å². The lowest BCUT2D eigenvalue weighted by Gasteiger charge is -2.25. The van der Waals surface area contributed by atoms with Crippen LogP contribution in [-0.4, -0.2) is 23.1 Å². The number of carboxylic acid groups (broad SMARTS) is 1. The molecule has 1 aliphatic rings. The van der Waals surface area contributed by atoms with Crippen molar-refractivity contribution in [2.75, 3.05) is 0 Å². The van der Waals surface area contributed by atoms with E-state index >= 15 is 0 Å². The lowest BCUT2D eigenvalue weighted by Crippen LogP contribution is -2.33. The summed E-state index contributed by atoms with van der Waals surface area (Å²) in [6, 6.07) is 0. The quantitative estimate of drug-likeness (QED) is 0.136. The van der Waals surface area contributed by atoms with Crippen molar-refractivity contribution in [1.29, 1.82) is 0 Å². The number of carbonyl (C=O) groups excluding carboxylic acids is 1. The zero-order valence-electron chi connectivity index (χ0n) is 20.4. The molecule has 0 aromatic carbocycles. The third kappa shape index (κ3) is 13.6. The number of hydrogen-bond donors (Lipinski definition) is 1. The van der Waals surface area contributed by atoms with Crippen LogP contribution in [0.3, 0.4) is 0 Å². The van der Waals surface area contributed by atoms with E-state index < -0.39 is 17.8 Å². The molecule has 0 spiro atoms. The monoisotopic (exact) mass is 436 g/mol. The van der Waals surface area contributed by atoms with Gasteiger partial charge in [-0.25, -0.2) is 0 Å². The second-order valence-corrected chi connectivity index (χ2v) is 9.96. The van der Waals surface area contributed by atoms with Crippen LogP contribution in [0, 0.1) is 17.8 Å². The van der Waals surface area contributed by atoms with Crippen LogP contribution < -0.4 is 0 Å². The molecule has 4 nitrogen and oxygen atoms in total. The summed E-state index contributed by atoms with van der Waals surface area (Å²) in [6.45, 7) is 6.54. The van der Waals surface area contributed by atoms with Gasteiger partial charge >= 0.3 is 11.9 Å². The Hall–Kier alpha value is -1.32. The van der Waals surface area contributed by atoms with Crippen LogP contribution in [-0.2, 0) is 14.3 Å². The lowest BCUT2D eigenvalue weighted by atomic mass is 9.83. The number of hydrogen-bond acceptors (Lipinski definition) is 3. The molecule has 1 aliphatic carbocycles. The standard InChI is InChI=1S/C27H48O4/c1-22(2)18-14-12-10-8-6-4-5-7-9-11-13-15-19-23(3)31-27(30)25-21-17-16-20-24(25)26(28)29/h16-17,22-25H,4-15,18-21H2,1-3H3,(H,28,29). The molecular formula is C27H48O4. The van der Waals surface area contributed by atoms with E-state index in [1.807, 2.05) is 19.1 Å². The maximum atomic E-state index is 12.4. The lowest BCUT2D eigenvalue weighted by molar-refractivity contribution is -0.161. The molecule has 0 aliphatic heterocycles. The molecule has 3 unspecified atom stereocenters. The predicted molar refractivity (Wildman–Crippen MR) is 128 cm³/mol. The zero-order valence-corrected chi connectivity index (χ0v) is 20.4. The Morgan fingerprint density at radius 3 is 1.61 bits per heavy atom. The average molecular weight is 437 g/mol. The smallest absolute Gasteiger partial charge is 0.310 e. The summed E-state index contributed by atoms with van der Waals surface area (Å²) in [7, 11) is 0. The highest BCUT2D eigenvalue weighted by atomic mass is 16.5. The fourth-order valence-electron chi connectivity index (χ4n) is 4.44. The largest absolute Gasteiger partial charge is 0.481 e. The summed E-state index contributed by atoms with van der Waals surface area (Å²) in [4.78, 5) is 23.7. The minimum Gasteiger partial charge on any atom is -0.481 e. The minimum atomic E-state index is -0.902. The molecule has 3 atom stereocenters. The fraction of sp³-hybridized carbons (Fsp3) is 0.852. The number of rotatable bonds is 18. The van der Waals surface area contributed by atoms with Crippen LogP contribution >= 0.6 is 0 Å². The van der Waals surface area contributed by atoms with Gasteiger partial charge in [-0.3, -0.25) is 9.59 Å². The van der Waals surface area contributed by atoms with E-state index in [1.54, 1.807) is 0 Å². The van der Waals surface area contributed by atoms with Gasteiger partial charge < -0.3 is 9.84 Å². The zero-order chi connectivity index (χ0) is 22.9.